The lowest BCUT2D eigenvalue weighted by Crippen LogP contribution is -2.43. The maximum Gasteiger partial charge on any atom is 0.338 e. The highest BCUT2D eigenvalue weighted by Gasteiger charge is 2.29. The first kappa shape index (κ1) is 31.3. The number of halogens is 1. The summed E-state index contributed by atoms with van der Waals surface area (Å²) >= 11 is 6.14. The van der Waals surface area contributed by atoms with Crippen LogP contribution in [0.1, 0.15) is 48.1 Å². The van der Waals surface area contributed by atoms with Crippen molar-refractivity contribution in [3.63, 3.8) is 0 Å². The number of likely N-dealkylation sites (tertiary alicyclic amines) is 1. The predicted octanol–water partition coefficient (Wildman–Crippen LogP) is 4.34. The van der Waals surface area contributed by atoms with Crippen molar-refractivity contribution in [3.8, 4) is 22.9 Å². The Morgan fingerprint density at radius 1 is 1.07 bits per heavy atom. The second-order valence-corrected chi connectivity index (χ2v) is 10.4. The number of carboxylic acid groups (broad SMARTS) is 1. The molecule has 224 valence electrons. The van der Waals surface area contributed by atoms with Gasteiger partial charge in [-0.15, -0.1) is 0 Å². The van der Waals surface area contributed by atoms with E-state index in [0.29, 0.717) is 40.5 Å². The Labute approximate surface area is 253 Å². The summed E-state index contributed by atoms with van der Waals surface area (Å²) in [5.74, 6) is -1.90. The summed E-state index contributed by atoms with van der Waals surface area (Å²) in [6, 6.07) is 12.3. The highest BCUT2D eigenvalue weighted by Crippen LogP contribution is 2.33. The number of aliphatic carboxylic acids is 1. The molecule has 1 unspecified atom stereocenters. The van der Waals surface area contributed by atoms with E-state index in [0.717, 1.165) is 12.8 Å². The first-order valence-electron chi connectivity index (χ1n) is 13.7. The van der Waals surface area contributed by atoms with Crippen LogP contribution >= 0.6 is 11.6 Å². The average molecular weight is 607 g/mol. The van der Waals surface area contributed by atoms with Crippen LogP contribution in [-0.2, 0) is 14.3 Å². The highest BCUT2D eigenvalue weighted by molar-refractivity contribution is 6.31. The van der Waals surface area contributed by atoms with Crippen molar-refractivity contribution in [3.05, 3.63) is 81.2 Å². The standard InChI is InChI=1S/C31H31ClN4O7/c1-3-25(36-17-27(42-2)24(15-28(36)37)23-14-21(32)9-6-20(23)16-33)29(38)34-22-10-7-19(8-11-22)31(41)43-18-26(30(39)40)35-12-4-5-13-35/h6-11,14-15,17,25-26H,3-5,12-13,18H2,1-2H3,(H,34,38)(H,39,40)/t25?,26-/m0/s1. The Kier molecular flexibility index (Phi) is 10.2. The zero-order valence-corrected chi connectivity index (χ0v) is 24.5. The van der Waals surface area contributed by atoms with Crippen LogP contribution < -0.4 is 15.6 Å². The first-order valence-corrected chi connectivity index (χ1v) is 14.1. The molecule has 43 heavy (non-hydrogen) atoms. The van der Waals surface area contributed by atoms with Gasteiger partial charge in [-0.3, -0.25) is 23.9 Å². The fraction of sp³-hybridized carbons (Fsp3) is 0.323. The number of nitrogens with zero attached hydrogens (tertiary/aromatic N) is 3. The summed E-state index contributed by atoms with van der Waals surface area (Å²) in [5, 5.41) is 22.2. The van der Waals surface area contributed by atoms with Gasteiger partial charge < -0.3 is 19.9 Å². The third-order valence-corrected chi connectivity index (χ3v) is 7.54. The molecule has 4 rings (SSSR count). The van der Waals surface area contributed by atoms with E-state index in [9.17, 15) is 29.5 Å². The zero-order valence-electron chi connectivity index (χ0n) is 23.7. The maximum atomic E-state index is 13.3. The Morgan fingerprint density at radius 2 is 1.77 bits per heavy atom. The molecule has 2 heterocycles. The van der Waals surface area contributed by atoms with E-state index in [1.54, 1.807) is 30.0 Å². The third kappa shape index (κ3) is 7.23. The van der Waals surface area contributed by atoms with Gasteiger partial charge in [-0.05, 0) is 74.8 Å². The van der Waals surface area contributed by atoms with Gasteiger partial charge in [-0.2, -0.15) is 5.26 Å². The molecule has 2 N–H and O–H groups in total. The van der Waals surface area contributed by atoms with Crippen LogP contribution in [0.25, 0.3) is 11.1 Å². The smallest absolute Gasteiger partial charge is 0.338 e. The SMILES string of the molecule is CCC(C(=O)Nc1ccc(C(=O)OC[C@@H](C(=O)O)N2CCCC2)cc1)n1cc(OC)c(-c2cc(Cl)ccc2C#N)cc1=O. The van der Waals surface area contributed by atoms with Crippen LogP contribution in [0, 0.1) is 11.3 Å². The fourth-order valence-electron chi connectivity index (χ4n) is 5.03. The minimum absolute atomic E-state index is 0.199. The summed E-state index contributed by atoms with van der Waals surface area (Å²) in [5.41, 5.74) is 1.22. The number of esters is 1. The second kappa shape index (κ2) is 14.0. The number of ether oxygens (including phenoxy) is 2. The van der Waals surface area contributed by atoms with E-state index in [2.05, 4.69) is 11.4 Å². The summed E-state index contributed by atoms with van der Waals surface area (Å²) < 4.78 is 12.1. The number of carbonyl (C=O) groups excluding carboxylic acids is 2. The second-order valence-electron chi connectivity index (χ2n) is 9.99. The van der Waals surface area contributed by atoms with Gasteiger partial charge >= 0.3 is 11.9 Å². The molecule has 1 aromatic heterocycles. The number of hydrogen-bond donors (Lipinski definition) is 2. The van der Waals surface area contributed by atoms with Crippen molar-refractivity contribution in [1.82, 2.24) is 9.47 Å². The Bertz CT molecular complexity index is 1610. The van der Waals surface area contributed by atoms with E-state index >= 15 is 0 Å². The number of carboxylic acids is 1. The number of aromatic nitrogens is 1. The van der Waals surface area contributed by atoms with Crippen LogP contribution in [0.15, 0.2) is 59.5 Å². The van der Waals surface area contributed by atoms with Gasteiger partial charge in [0.15, 0.2) is 0 Å². The molecule has 11 nitrogen and oxygen atoms in total. The largest absolute Gasteiger partial charge is 0.495 e. The van der Waals surface area contributed by atoms with Gasteiger partial charge in [0.2, 0.25) is 5.91 Å². The molecule has 0 spiro atoms. The molecular weight excluding hydrogens is 576 g/mol. The van der Waals surface area contributed by atoms with Gasteiger partial charge in [0.05, 0.1) is 30.5 Å². The number of amides is 1. The number of rotatable bonds is 11. The van der Waals surface area contributed by atoms with E-state index in [4.69, 9.17) is 21.1 Å². The Balaban J connectivity index is 1.47. The van der Waals surface area contributed by atoms with Crippen molar-refractivity contribution in [2.75, 3.05) is 32.1 Å². The molecule has 12 heteroatoms. The molecule has 1 amide bonds. The molecule has 1 aliphatic rings. The topological polar surface area (TPSA) is 151 Å². The molecule has 0 radical (unpaired) electrons. The van der Waals surface area contributed by atoms with Crippen molar-refractivity contribution in [2.24, 2.45) is 0 Å². The van der Waals surface area contributed by atoms with Crippen LogP contribution in [0.3, 0.4) is 0 Å². The van der Waals surface area contributed by atoms with Gasteiger partial charge in [0.1, 0.15) is 24.4 Å². The van der Waals surface area contributed by atoms with Crippen molar-refractivity contribution in [2.45, 2.75) is 38.3 Å². The lowest BCUT2D eigenvalue weighted by molar-refractivity contribution is -0.144. The zero-order chi connectivity index (χ0) is 31.1. The Hall–Kier alpha value is -4.66. The molecule has 0 aliphatic carbocycles. The van der Waals surface area contributed by atoms with E-state index in [1.165, 1.54) is 48.2 Å². The number of pyridine rings is 1. The summed E-state index contributed by atoms with van der Waals surface area (Å²) in [7, 11) is 1.42. The molecular formula is C31H31ClN4O7. The monoisotopic (exact) mass is 606 g/mol. The van der Waals surface area contributed by atoms with Crippen molar-refractivity contribution >= 4 is 35.1 Å². The minimum Gasteiger partial charge on any atom is -0.495 e. The quantitative estimate of drug-likeness (QED) is 0.304. The lowest BCUT2D eigenvalue weighted by atomic mass is 10.00. The van der Waals surface area contributed by atoms with Gasteiger partial charge in [0.25, 0.3) is 5.56 Å². The number of nitrogens with one attached hydrogen (secondary N) is 1. The lowest BCUT2D eigenvalue weighted by Gasteiger charge is -2.23. The molecule has 2 aromatic carbocycles. The number of hydrogen-bond acceptors (Lipinski definition) is 8. The summed E-state index contributed by atoms with van der Waals surface area (Å²) in [6.07, 6.45) is 3.52. The summed E-state index contributed by atoms with van der Waals surface area (Å²) in [6.45, 7) is 2.79. The maximum absolute atomic E-state index is 13.3. The number of carbonyl (C=O) groups is 3. The number of nitriles is 1. The summed E-state index contributed by atoms with van der Waals surface area (Å²) in [4.78, 5) is 52.4. The van der Waals surface area contributed by atoms with Gasteiger partial charge in [-0.1, -0.05) is 18.5 Å². The van der Waals surface area contributed by atoms with Crippen LogP contribution in [0.5, 0.6) is 5.75 Å². The molecule has 3 aromatic rings. The van der Waals surface area contributed by atoms with E-state index in [-0.39, 0.29) is 24.3 Å². The normalized spacial score (nSPS) is 14.4. The van der Waals surface area contributed by atoms with Crippen molar-refractivity contribution < 1.29 is 29.0 Å². The molecule has 1 aliphatic heterocycles. The van der Waals surface area contributed by atoms with Gasteiger partial charge in [0, 0.05) is 27.9 Å². The predicted molar refractivity (Wildman–Crippen MR) is 159 cm³/mol. The first-order chi connectivity index (χ1) is 20.7. The van der Waals surface area contributed by atoms with Gasteiger partial charge in [-0.25, -0.2) is 4.79 Å². The molecule has 2 atom stereocenters. The highest BCUT2D eigenvalue weighted by atomic mass is 35.5. The van der Waals surface area contributed by atoms with Crippen LogP contribution in [0.2, 0.25) is 5.02 Å². The minimum atomic E-state index is -1.04. The van der Waals surface area contributed by atoms with E-state index in [1.807, 2.05) is 0 Å². The Morgan fingerprint density at radius 3 is 2.37 bits per heavy atom. The number of methoxy groups -OCH3 is 1. The van der Waals surface area contributed by atoms with Crippen molar-refractivity contribution in [1.29, 1.82) is 5.26 Å². The molecule has 0 saturated carbocycles. The number of anilines is 1. The fourth-order valence-corrected chi connectivity index (χ4v) is 5.20. The molecule has 1 saturated heterocycles. The van der Waals surface area contributed by atoms with Crippen LogP contribution in [0.4, 0.5) is 5.69 Å². The molecule has 1 fully saturated rings. The third-order valence-electron chi connectivity index (χ3n) is 7.31. The average Bonchev–Trinajstić information content (AvgIpc) is 3.53. The molecule has 0 bridgehead atoms. The van der Waals surface area contributed by atoms with Crippen LogP contribution in [-0.4, -0.2) is 65.3 Å². The van der Waals surface area contributed by atoms with E-state index < -0.39 is 35.5 Å². The number of benzene rings is 2.